The lowest BCUT2D eigenvalue weighted by Gasteiger charge is -2.23. The molecule has 0 unspecified atom stereocenters. The Morgan fingerprint density at radius 3 is 2.80 bits per heavy atom. The van der Waals surface area contributed by atoms with Gasteiger partial charge in [-0.15, -0.1) is 0 Å². The second kappa shape index (κ2) is 4.92. The maximum Gasteiger partial charge on any atom is 0.222 e. The highest BCUT2D eigenvalue weighted by Crippen LogP contribution is 2.30. The van der Waals surface area contributed by atoms with E-state index < -0.39 is 0 Å². The van der Waals surface area contributed by atoms with E-state index in [4.69, 9.17) is 18.0 Å². The van der Waals surface area contributed by atoms with Gasteiger partial charge in [0.05, 0.1) is 4.99 Å². The van der Waals surface area contributed by atoms with Gasteiger partial charge >= 0.3 is 0 Å². The first-order chi connectivity index (χ1) is 6.91. The third kappa shape index (κ3) is 4.16. The molecule has 1 fully saturated rings. The monoisotopic (exact) mass is 228 g/mol. The van der Waals surface area contributed by atoms with Crippen LogP contribution in [0.4, 0.5) is 0 Å². The average molecular weight is 228 g/mol. The van der Waals surface area contributed by atoms with E-state index in [1.54, 1.807) is 0 Å². The second-order valence-electron chi connectivity index (χ2n) is 5.01. The Morgan fingerprint density at radius 1 is 1.53 bits per heavy atom. The average Bonchev–Trinajstić information content (AvgIpc) is 2.25. The van der Waals surface area contributed by atoms with E-state index >= 15 is 0 Å². The Labute approximate surface area is 97.0 Å². The molecule has 1 heterocycles. The van der Waals surface area contributed by atoms with Crippen LogP contribution in [0.25, 0.3) is 0 Å². The van der Waals surface area contributed by atoms with Crippen molar-refractivity contribution in [2.45, 2.75) is 39.5 Å². The second-order valence-corrected chi connectivity index (χ2v) is 5.54. The quantitative estimate of drug-likeness (QED) is 0.748. The number of nitrogens with zero attached hydrogens (tertiary/aromatic N) is 1. The molecule has 15 heavy (non-hydrogen) atoms. The van der Waals surface area contributed by atoms with Gasteiger partial charge in [-0.1, -0.05) is 26.1 Å². The Morgan fingerprint density at radius 2 is 2.20 bits per heavy atom. The molecule has 1 rings (SSSR count). The lowest BCUT2D eigenvalue weighted by atomic mass is 9.85. The van der Waals surface area contributed by atoms with Gasteiger partial charge in [0.1, 0.15) is 0 Å². The molecular weight excluding hydrogens is 208 g/mol. The minimum absolute atomic E-state index is 0.247. The Bertz CT molecular complexity index is 263. The summed E-state index contributed by atoms with van der Waals surface area (Å²) in [4.78, 5) is 14.1. The summed E-state index contributed by atoms with van der Waals surface area (Å²) in [5.74, 6) is 0.247. The van der Waals surface area contributed by atoms with E-state index in [2.05, 4.69) is 13.8 Å². The van der Waals surface area contributed by atoms with Crippen molar-refractivity contribution < 1.29 is 4.79 Å². The van der Waals surface area contributed by atoms with Gasteiger partial charge in [-0.2, -0.15) is 0 Å². The number of thiocarbonyl (C=S) groups is 1. The van der Waals surface area contributed by atoms with E-state index in [1.807, 2.05) is 4.90 Å². The maximum absolute atomic E-state index is 11.8. The molecule has 2 N–H and O–H groups in total. The van der Waals surface area contributed by atoms with Crippen LogP contribution in [0.5, 0.6) is 0 Å². The van der Waals surface area contributed by atoms with Gasteiger partial charge < -0.3 is 10.6 Å². The number of amides is 1. The van der Waals surface area contributed by atoms with E-state index in [1.165, 1.54) is 0 Å². The molecule has 1 amide bonds. The molecule has 3 nitrogen and oxygen atoms in total. The van der Waals surface area contributed by atoms with Crippen LogP contribution in [0.2, 0.25) is 0 Å². The molecule has 0 saturated carbocycles. The minimum atomic E-state index is 0.247. The smallest absolute Gasteiger partial charge is 0.222 e. The molecule has 1 aliphatic heterocycles. The largest absolute Gasteiger partial charge is 0.393 e. The zero-order valence-electron chi connectivity index (χ0n) is 9.58. The topological polar surface area (TPSA) is 46.3 Å². The van der Waals surface area contributed by atoms with Crippen molar-refractivity contribution in [3.8, 4) is 0 Å². The van der Waals surface area contributed by atoms with Crippen LogP contribution in [0, 0.1) is 5.41 Å². The van der Waals surface area contributed by atoms with Gasteiger partial charge in [-0.3, -0.25) is 4.79 Å². The van der Waals surface area contributed by atoms with E-state index in [0.29, 0.717) is 24.4 Å². The molecule has 4 heteroatoms. The molecule has 0 radical (unpaired) electrons. The predicted octanol–water partition coefficient (Wildman–Crippen LogP) is 1.70. The summed E-state index contributed by atoms with van der Waals surface area (Å²) < 4.78 is 0. The highest BCUT2D eigenvalue weighted by molar-refractivity contribution is 7.80. The van der Waals surface area contributed by atoms with Crippen molar-refractivity contribution in [3.63, 3.8) is 0 Å². The fourth-order valence-electron chi connectivity index (χ4n) is 1.77. The fraction of sp³-hybridized carbons (Fsp3) is 0.818. The van der Waals surface area contributed by atoms with E-state index in [-0.39, 0.29) is 11.3 Å². The van der Waals surface area contributed by atoms with Crippen molar-refractivity contribution in [3.05, 3.63) is 0 Å². The van der Waals surface area contributed by atoms with Crippen LogP contribution < -0.4 is 5.73 Å². The molecule has 86 valence electrons. The summed E-state index contributed by atoms with van der Waals surface area (Å²) in [7, 11) is 0. The molecule has 0 aromatic heterocycles. The third-order valence-electron chi connectivity index (χ3n) is 3.05. The normalized spacial score (nSPS) is 21.2. The highest BCUT2D eigenvalue weighted by atomic mass is 32.1. The van der Waals surface area contributed by atoms with E-state index in [0.717, 1.165) is 19.4 Å². The Kier molecular flexibility index (Phi) is 4.08. The van der Waals surface area contributed by atoms with Crippen LogP contribution in [0.15, 0.2) is 0 Å². The zero-order chi connectivity index (χ0) is 11.5. The first-order valence-corrected chi connectivity index (χ1v) is 5.88. The summed E-state index contributed by atoms with van der Waals surface area (Å²) in [5, 5.41) is 0. The Balaban J connectivity index is 2.50. The summed E-state index contributed by atoms with van der Waals surface area (Å²) in [6, 6.07) is 0. The number of hydrogen-bond donors (Lipinski definition) is 1. The lowest BCUT2D eigenvalue weighted by Crippen LogP contribution is -2.33. The van der Waals surface area contributed by atoms with Crippen molar-refractivity contribution >= 4 is 23.1 Å². The molecule has 0 aromatic carbocycles. The first kappa shape index (κ1) is 12.4. The summed E-state index contributed by atoms with van der Waals surface area (Å²) in [6.45, 7) is 5.97. The zero-order valence-corrected chi connectivity index (χ0v) is 10.4. The standard InChI is InChI=1S/C11H20N2OS/c1-11(2)5-3-10(14)13(8-6-11)7-4-9(12)15/h3-8H2,1-2H3,(H2,12,15). The van der Waals surface area contributed by atoms with Crippen LogP contribution in [0.3, 0.4) is 0 Å². The van der Waals surface area contributed by atoms with Gasteiger partial charge in [0.2, 0.25) is 5.91 Å². The maximum atomic E-state index is 11.8. The number of likely N-dealkylation sites (tertiary alicyclic amines) is 1. The molecule has 1 aliphatic rings. The minimum Gasteiger partial charge on any atom is -0.393 e. The third-order valence-corrected chi connectivity index (χ3v) is 3.26. The van der Waals surface area contributed by atoms with Crippen molar-refractivity contribution in [2.75, 3.05) is 13.1 Å². The molecule has 0 atom stereocenters. The molecular formula is C11H20N2OS. The van der Waals surface area contributed by atoms with Gasteiger partial charge in [0.25, 0.3) is 0 Å². The number of carbonyl (C=O) groups is 1. The lowest BCUT2D eigenvalue weighted by molar-refractivity contribution is -0.130. The van der Waals surface area contributed by atoms with Crippen molar-refractivity contribution in [1.82, 2.24) is 4.90 Å². The highest BCUT2D eigenvalue weighted by Gasteiger charge is 2.26. The van der Waals surface area contributed by atoms with Crippen LogP contribution in [-0.4, -0.2) is 28.9 Å². The number of nitrogens with two attached hydrogens (primary N) is 1. The van der Waals surface area contributed by atoms with Gasteiger partial charge in [0, 0.05) is 25.9 Å². The van der Waals surface area contributed by atoms with Gasteiger partial charge in [-0.25, -0.2) is 0 Å². The number of hydrogen-bond acceptors (Lipinski definition) is 2. The molecule has 0 aliphatic carbocycles. The number of carbonyl (C=O) groups excluding carboxylic acids is 1. The first-order valence-electron chi connectivity index (χ1n) is 5.47. The van der Waals surface area contributed by atoms with Crippen molar-refractivity contribution in [2.24, 2.45) is 11.1 Å². The predicted molar refractivity (Wildman–Crippen MR) is 65.6 cm³/mol. The molecule has 0 spiro atoms. The fourth-order valence-corrected chi connectivity index (χ4v) is 1.86. The van der Waals surface area contributed by atoms with Gasteiger partial charge in [-0.05, 0) is 18.3 Å². The van der Waals surface area contributed by atoms with E-state index in [9.17, 15) is 4.79 Å². The molecule has 0 aromatic rings. The Hall–Kier alpha value is -0.640. The van der Waals surface area contributed by atoms with Crippen LogP contribution in [-0.2, 0) is 4.79 Å². The SMILES string of the molecule is CC1(C)CCC(=O)N(CCC(N)=S)CC1. The number of rotatable bonds is 3. The van der Waals surface area contributed by atoms with Gasteiger partial charge in [0.15, 0.2) is 0 Å². The molecule has 1 saturated heterocycles. The summed E-state index contributed by atoms with van der Waals surface area (Å²) >= 11 is 4.82. The summed E-state index contributed by atoms with van der Waals surface area (Å²) in [5.41, 5.74) is 5.73. The molecule has 0 bridgehead atoms. The van der Waals surface area contributed by atoms with Crippen molar-refractivity contribution in [1.29, 1.82) is 0 Å². The summed E-state index contributed by atoms with van der Waals surface area (Å²) in [6.07, 6.45) is 3.34. The van der Waals surface area contributed by atoms with Crippen LogP contribution >= 0.6 is 12.2 Å². The van der Waals surface area contributed by atoms with Crippen LogP contribution in [0.1, 0.15) is 39.5 Å².